The van der Waals surface area contributed by atoms with Gasteiger partial charge in [0, 0.05) is 18.0 Å². The SMILES string of the molecule is CCC(=O)Oc1c(C(=O)c2cc(C)ccn2)[nH]c2cc(C)ccc12. The number of pyridine rings is 1. The summed E-state index contributed by atoms with van der Waals surface area (Å²) in [6.45, 7) is 5.57. The summed E-state index contributed by atoms with van der Waals surface area (Å²) in [5.74, 6) is -0.417. The smallest absolute Gasteiger partial charge is 0.310 e. The van der Waals surface area contributed by atoms with E-state index in [9.17, 15) is 9.59 Å². The molecule has 2 heterocycles. The minimum absolute atomic E-state index is 0.231. The van der Waals surface area contributed by atoms with Crippen LogP contribution in [0.1, 0.15) is 40.7 Å². The van der Waals surface area contributed by atoms with Gasteiger partial charge in [0.1, 0.15) is 11.4 Å². The number of aromatic amines is 1. The van der Waals surface area contributed by atoms with Crippen molar-refractivity contribution in [3.63, 3.8) is 0 Å². The van der Waals surface area contributed by atoms with Gasteiger partial charge in [-0.1, -0.05) is 13.0 Å². The van der Waals surface area contributed by atoms with Crippen molar-refractivity contribution < 1.29 is 14.3 Å². The number of rotatable bonds is 4. The van der Waals surface area contributed by atoms with E-state index in [0.717, 1.165) is 16.6 Å². The van der Waals surface area contributed by atoms with Crippen molar-refractivity contribution in [3.8, 4) is 5.75 Å². The van der Waals surface area contributed by atoms with Crippen molar-refractivity contribution in [2.45, 2.75) is 27.2 Å². The van der Waals surface area contributed by atoms with Crippen molar-refractivity contribution >= 4 is 22.7 Å². The molecule has 0 aliphatic rings. The van der Waals surface area contributed by atoms with Gasteiger partial charge in [-0.15, -0.1) is 0 Å². The molecule has 122 valence electrons. The van der Waals surface area contributed by atoms with Crippen LogP contribution >= 0.6 is 0 Å². The van der Waals surface area contributed by atoms with Crippen molar-refractivity contribution in [1.82, 2.24) is 9.97 Å². The number of carbonyl (C=O) groups excluding carboxylic acids is 2. The Bertz CT molecular complexity index is 941. The van der Waals surface area contributed by atoms with E-state index >= 15 is 0 Å². The van der Waals surface area contributed by atoms with Crippen LogP contribution in [0, 0.1) is 13.8 Å². The first-order valence-electron chi connectivity index (χ1n) is 7.80. The molecule has 0 fully saturated rings. The summed E-state index contributed by atoms with van der Waals surface area (Å²) in [6, 6.07) is 9.21. The molecule has 1 aromatic carbocycles. The second-order valence-electron chi connectivity index (χ2n) is 5.75. The van der Waals surface area contributed by atoms with Gasteiger partial charge in [-0.25, -0.2) is 0 Å². The molecule has 0 unspecified atom stereocenters. The molecule has 0 aliphatic heterocycles. The van der Waals surface area contributed by atoms with E-state index in [2.05, 4.69) is 9.97 Å². The lowest BCUT2D eigenvalue weighted by Crippen LogP contribution is -2.11. The summed E-state index contributed by atoms with van der Waals surface area (Å²) in [5.41, 5.74) is 3.30. The Kier molecular flexibility index (Phi) is 4.16. The third-order valence-corrected chi connectivity index (χ3v) is 3.79. The number of ether oxygens (including phenoxy) is 1. The van der Waals surface area contributed by atoms with Crippen LogP contribution in [0.15, 0.2) is 36.5 Å². The van der Waals surface area contributed by atoms with E-state index in [4.69, 9.17) is 4.74 Å². The molecule has 24 heavy (non-hydrogen) atoms. The lowest BCUT2D eigenvalue weighted by Gasteiger charge is -2.05. The standard InChI is InChI=1S/C19H18N2O3/c1-4-16(22)24-19-13-6-5-11(2)9-14(13)21-17(19)18(23)15-10-12(3)7-8-20-15/h5-10,21H,4H2,1-3H3. The molecule has 3 aromatic rings. The Balaban J connectivity index is 2.16. The third-order valence-electron chi connectivity index (χ3n) is 3.79. The number of aryl methyl sites for hydroxylation is 2. The van der Waals surface area contributed by atoms with Gasteiger partial charge in [-0.3, -0.25) is 14.6 Å². The summed E-state index contributed by atoms with van der Waals surface area (Å²) >= 11 is 0. The van der Waals surface area contributed by atoms with Crippen molar-refractivity contribution in [2.24, 2.45) is 0 Å². The number of aromatic nitrogens is 2. The van der Waals surface area contributed by atoms with Gasteiger partial charge in [0.25, 0.3) is 0 Å². The quantitative estimate of drug-likeness (QED) is 0.587. The number of nitrogens with one attached hydrogen (secondary N) is 1. The van der Waals surface area contributed by atoms with E-state index in [1.165, 1.54) is 0 Å². The van der Waals surface area contributed by atoms with Crippen LogP contribution in [0.5, 0.6) is 5.75 Å². The zero-order valence-corrected chi connectivity index (χ0v) is 13.8. The monoisotopic (exact) mass is 322 g/mol. The molecule has 0 aliphatic carbocycles. The molecule has 1 N–H and O–H groups in total. The maximum absolute atomic E-state index is 12.9. The fourth-order valence-electron chi connectivity index (χ4n) is 2.53. The van der Waals surface area contributed by atoms with Crippen LogP contribution < -0.4 is 4.74 Å². The largest absolute Gasteiger partial charge is 0.423 e. The molecular formula is C19H18N2O3. The Hall–Kier alpha value is -2.95. The minimum atomic E-state index is -0.386. The fourth-order valence-corrected chi connectivity index (χ4v) is 2.53. The molecule has 0 bridgehead atoms. The summed E-state index contributed by atoms with van der Waals surface area (Å²) in [6.07, 6.45) is 1.82. The topological polar surface area (TPSA) is 72.1 Å². The highest BCUT2D eigenvalue weighted by Gasteiger charge is 2.23. The number of nitrogens with zero attached hydrogens (tertiary/aromatic N) is 1. The molecule has 0 radical (unpaired) electrons. The summed E-state index contributed by atoms with van der Waals surface area (Å²) in [4.78, 5) is 31.9. The molecular weight excluding hydrogens is 304 g/mol. The van der Waals surface area contributed by atoms with E-state index < -0.39 is 0 Å². The lowest BCUT2D eigenvalue weighted by atomic mass is 10.1. The van der Waals surface area contributed by atoms with Crippen LogP contribution in [0.3, 0.4) is 0 Å². The number of esters is 1. The number of hydrogen-bond donors (Lipinski definition) is 1. The number of ketones is 1. The second kappa shape index (κ2) is 6.28. The van der Waals surface area contributed by atoms with Crippen LogP contribution in [0.2, 0.25) is 0 Å². The summed E-state index contributed by atoms with van der Waals surface area (Å²) < 4.78 is 5.44. The second-order valence-corrected chi connectivity index (χ2v) is 5.75. The number of H-pyrrole nitrogens is 1. The normalized spacial score (nSPS) is 10.8. The average Bonchev–Trinajstić information content (AvgIpc) is 2.91. The van der Waals surface area contributed by atoms with Crippen molar-refractivity contribution in [1.29, 1.82) is 0 Å². The van der Waals surface area contributed by atoms with Crippen LogP contribution in [-0.2, 0) is 4.79 Å². The molecule has 5 nitrogen and oxygen atoms in total. The number of carbonyl (C=O) groups is 2. The molecule has 0 amide bonds. The molecule has 0 saturated carbocycles. The zero-order valence-electron chi connectivity index (χ0n) is 13.8. The van der Waals surface area contributed by atoms with Gasteiger partial charge in [0.15, 0.2) is 5.75 Å². The van der Waals surface area contributed by atoms with Crippen molar-refractivity contribution in [2.75, 3.05) is 0 Å². The van der Waals surface area contributed by atoms with Gasteiger partial charge in [0.05, 0.1) is 5.52 Å². The average molecular weight is 322 g/mol. The molecule has 0 saturated heterocycles. The zero-order chi connectivity index (χ0) is 17.3. The predicted octanol–water partition coefficient (Wildman–Crippen LogP) is 3.73. The Morgan fingerprint density at radius 1 is 1.12 bits per heavy atom. The molecule has 2 aromatic heterocycles. The van der Waals surface area contributed by atoms with E-state index in [-0.39, 0.29) is 29.6 Å². The van der Waals surface area contributed by atoms with Crippen LogP contribution in [0.4, 0.5) is 0 Å². The maximum atomic E-state index is 12.9. The highest BCUT2D eigenvalue weighted by molar-refractivity contribution is 6.12. The van der Waals surface area contributed by atoms with E-state index in [1.54, 1.807) is 19.2 Å². The number of benzene rings is 1. The van der Waals surface area contributed by atoms with Gasteiger partial charge in [-0.05, 0) is 49.2 Å². The van der Waals surface area contributed by atoms with E-state index in [1.807, 2.05) is 38.1 Å². The summed E-state index contributed by atoms with van der Waals surface area (Å²) in [5, 5.41) is 0.707. The Labute approximate surface area is 139 Å². The molecule has 5 heteroatoms. The first kappa shape index (κ1) is 15.9. The third kappa shape index (κ3) is 2.93. The maximum Gasteiger partial charge on any atom is 0.310 e. The molecule has 0 atom stereocenters. The van der Waals surface area contributed by atoms with Gasteiger partial charge in [-0.2, -0.15) is 0 Å². The van der Waals surface area contributed by atoms with Gasteiger partial charge in [0.2, 0.25) is 5.78 Å². The predicted molar refractivity (Wildman–Crippen MR) is 91.4 cm³/mol. The van der Waals surface area contributed by atoms with Gasteiger partial charge < -0.3 is 9.72 Å². The fraction of sp³-hybridized carbons (Fsp3) is 0.211. The Morgan fingerprint density at radius 3 is 2.58 bits per heavy atom. The van der Waals surface area contributed by atoms with Gasteiger partial charge >= 0.3 is 5.97 Å². The molecule has 0 spiro atoms. The lowest BCUT2D eigenvalue weighted by molar-refractivity contribution is -0.133. The summed E-state index contributed by atoms with van der Waals surface area (Å²) in [7, 11) is 0. The minimum Gasteiger partial charge on any atom is -0.423 e. The number of hydrogen-bond acceptors (Lipinski definition) is 4. The van der Waals surface area contributed by atoms with Crippen LogP contribution in [-0.4, -0.2) is 21.7 Å². The Morgan fingerprint density at radius 2 is 1.88 bits per heavy atom. The first-order chi connectivity index (χ1) is 11.5. The van der Waals surface area contributed by atoms with Crippen molar-refractivity contribution in [3.05, 3.63) is 59.0 Å². The highest BCUT2D eigenvalue weighted by atomic mass is 16.5. The highest BCUT2D eigenvalue weighted by Crippen LogP contribution is 2.32. The first-order valence-corrected chi connectivity index (χ1v) is 7.80. The van der Waals surface area contributed by atoms with Crippen LogP contribution in [0.25, 0.3) is 10.9 Å². The molecule has 3 rings (SSSR count). The van der Waals surface area contributed by atoms with E-state index in [0.29, 0.717) is 11.1 Å². The number of fused-ring (bicyclic) bond motifs is 1.